The molecule has 6 heteroatoms. The third-order valence-electron chi connectivity index (χ3n) is 4.41. The predicted molar refractivity (Wildman–Crippen MR) is 100 cm³/mol. The van der Waals surface area contributed by atoms with E-state index >= 15 is 0 Å². The Morgan fingerprint density at radius 2 is 2.00 bits per heavy atom. The van der Waals surface area contributed by atoms with Gasteiger partial charge in [0.05, 0.1) is 17.4 Å². The number of aryl methyl sites for hydroxylation is 1. The van der Waals surface area contributed by atoms with Crippen LogP contribution in [0.4, 0.5) is 0 Å². The van der Waals surface area contributed by atoms with Gasteiger partial charge in [-0.25, -0.2) is 14.5 Å². The Balaban J connectivity index is 1.55. The molecular formula is C21H17N3O3. The Bertz CT molecular complexity index is 1080. The normalized spacial score (nSPS) is 10.9. The summed E-state index contributed by atoms with van der Waals surface area (Å²) in [5, 5.41) is 13.4. The molecule has 0 aliphatic rings. The second kappa shape index (κ2) is 6.92. The zero-order chi connectivity index (χ0) is 18.8. The Kier molecular flexibility index (Phi) is 4.30. The quantitative estimate of drug-likeness (QED) is 0.579. The van der Waals surface area contributed by atoms with Crippen LogP contribution in [0.3, 0.4) is 0 Å². The number of nitrogens with zero attached hydrogens (tertiary/aromatic N) is 3. The highest BCUT2D eigenvalue weighted by Gasteiger charge is 2.11. The first-order chi connectivity index (χ1) is 13.1. The number of carboxylic acid groups (broad SMARTS) is 1. The van der Waals surface area contributed by atoms with Crippen LogP contribution in [0, 0.1) is 6.92 Å². The molecule has 2 aromatic carbocycles. The lowest BCUT2D eigenvalue weighted by atomic mass is 10.0. The van der Waals surface area contributed by atoms with Gasteiger partial charge in [0, 0.05) is 24.4 Å². The summed E-state index contributed by atoms with van der Waals surface area (Å²) in [6.45, 7) is 1.94. The highest BCUT2D eigenvalue weighted by Crippen LogP contribution is 2.24. The number of carbonyl (C=O) groups is 1. The van der Waals surface area contributed by atoms with Crippen LogP contribution < -0.4 is 0 Å². The third kappa shape index (κ3) is 3.50. The number of rotatable bonds is 5. The molecule has 134 valence electrons. The van der Waals surface area contributed by atoms with Gasteiger partial charge in [0.2, 0.25) is 0 Å². The smallest absolute Gasteiger partial charge is 0.335 e. The molecule has 0 aliphatic heterocycles. The molecule has 6 nitrogen and oxygen atoms in total. The molecule has 0 amide bonds. The molecule has 0 bridgehead atoms. The molecule has 0 radical (unpaired) electrons. The van der Waals surface area contributed by atoms with Crippen molar-refractivity contribution in [3.8, 4) is 17.0 Å². The summed E-state index contributed by atoms with van der Waals surface area (Å²) < 4.78 is 7.66. The summed E-state index contributed by atoms with van der Waals surface area (Å²) in [7, 11) is 0. The van der Waals surface area contributed by atoms with Crippen LogP contribution >= 0.6 is 0 Å². The fourth-order valence-corrected chi connectivity index (χ4v) is 2.88. The topological polar surface area (TPSA) is 81.1 Å². The molecule has 27 heavy (non-hydrogen) atoms. The van der Waals surface area contributed by atoms with E-state index in [4.69, 9.17) is 9.52 Å². The molecule has 4 rings (SSSR count). The van der Waals surface area contributed by atoms with E-state index in [9.17, 15) is 4.79 Å². The van der Waals surface area contributed by atoms with E-state index in [-0.39, 0.29) is 5.56 Å². The number of aromatic carboxylic acids is 1. The average Bonchev–Trinajstić information content (AvgIpc) is 3.35. The van der Waals surface area contributed by atoms with Gasteiger partial charge < -0.3 is 9.52 Å². The second-order valence-electron chi connectivity index (χ2n) is 6.24. The van der Waals surface area contributed by atoms with Crippen molar-refractivity contribution in [3.05, 3.63) is 89.7 Å². The van der Waals surface area contributed by atoms with Crippen molar-refractivity contribution in [1.82, 2.24) is 14.8 Å². The lowest BCUT2D eigenvalue weighted by Gasteiger charge is -2.05. The lowest BCUT2D eigenvalue weighted by molar-refractivity contribution is 0.0696. The molecule has 4 aromatic rings. The van der Waals surface area contributed by atoms with E-state index in [1.165, 1.54) is 0 Å². The van der Waals surface area contributed by atoms with Crippen molar-refractivity contribution in [2.24, 2.45) is 0 Å². The summed E-state index contributed by atoms with van der Waals surface area (Å²) in [5.41, 5.74) is 4.03. The molecular weight excluding hydrogens is 342 g/mol. The predicted octanol–water partition coefficient (Wildman–Crippen LogP) is 4.12. The SMILES string of the molecule is Cc1ccc(C(=O)O)cc1Cc1ncc(-c2ccc(-n3cccn3)cc2)o1. The van der Waals surface area contributed by atoms with E-state index < -0.39 is 5.97 Å². The molecule has 0 fully saturated rings. The molecule has 0 spiro atoms. The summed E-state index contributed by atoms with van der Waals surface area (Å²) in [6, 6.07) is 14.8. The fourth-order valence-electron chi connectivity index (χ4n) is 2.88. The first kappa shape index (κ1) is 16.8. The van der Waals surface area contributed by atoms with Gasteiger partial charge in [0.1, 0.15) is 0 Å². The molecule has 0 atom stereocenters. The van der Waals surface area contributed by atoms with Gasteiger partial charge >= 0.3 is 5.97 Å². The first-order valence-electron chi connectivity index (χ1n) is 8.48. The van der Waals surface area contributed by atoms with Crippen LogP contribution in [0.5, 0.6) is 0 Å². The van der Waals surface area contributed by atoms with Gasteiger partial charge in [0.25, 0.3) is 0 Å². The first-order valence-corrected chi connectivity index (χ1v) is 8.48. The average molecular weight is 359 g/mol. The standard InChI is InChI=1S/C21H17N3O3/c1-14-3-4-16(21(25)26)11-17(14)12-20-22-13-19(27-20)15-5-7-18(8-6-15)24-10-2-9-23-24/h2-11,13H,12H2,1H3,(H,25,26). The number of aromatic nitrogens is 3. The number of benzene rings is 2. The van der Waals surface area contributed by atoms with Crippen molar-refractivity contribution >= 4 is 5.97 Å². The van der Waals surface area contributed by atoms with E-state index in [2.05, 4.69) is 10.1 Å². The second-order valence-corrected chi connectivity index (χ2v) is 6.24. The number of hydrogen-bond acceptors (Lipinski definition) is 4. The van der Waals surface area contributed by atoms with Gasteiger partial charge in [-0.1, -0.05) is 6.07 Å². The van der Waals surface area contributed by atoms with Crippen LogP contribution in [0.1, 0.15) is 27.4 Å². The van der Waals surface area contributed by atoms with Crippen LogP contribution in [0.2, 0.25) is 0 Å². The molecule has 0 saturated heterocycles. The highest BCUT2D eigenvalue weighted by atomic mass is 16.4. The van der Waals surface area contributed by atoms with E-state index in [0.29, 0.717) is 18.1 Å². The zero-order valence-corrected chi connectivity index (χ0v) is 14.7. The maximum absolute atomic E-state index is 11.2. The highest BCUT2D eigenvalue weighted by molar-refractivity contribution is 5.87. The van der Waals surface area contributed by atoms with Crippen LogP contribution in [-0.2, 0) is 6.42 Å². The summed E-state index contributed by atoms with van der Waals surface area (Å²) in [6.07, 6.45) is 5.75. The maximum atomic E-state index is 11.2. The number of oxazole rings is 1. The van der Waals surface area contributed by atoms with Crippen molar-refractivity contribution < 1.29 is 14.3 Å². The van der Waals surface area contributed by atoms with Gasteiger partial charge in [-0.3, -0.25) is 0 Å². The van der Waals surface area contributed by atoms with Crippen LogP contribution in [0.25, 0.3) is 17.0 Å². The summed E-state index contributed by atoms with van der Waals surface area (Å²) in [5.74, 6) is 0.275. The molecule has 0 aliphatic carbocycles. The minimum absolute atomic E-state index is 0.261. The van der Waals surface area contributed by atoms with Crippen molar-refractivity contribution in [2.75, 3.05) is 0 Å². The van der Waals surface area contributed by atoms with E-state index in [1.54, 1.807) is 35.3 Å². The van der Waals surface area contributed by atoms with Gasteiger partial charge in [-0.2, -0.15) is 5.10 Å². The maximum Gasteiger partial charge on any atom is 0.335 e. The van der Waals surface area contributed by atoms with Crippen LogP contribution in [-0.4, -0.2) is 25.8 Å². The summed E-state index contributed by atoms with van der Waals surface area (Å²) in [4.78, 5) is 15.5. The zero-order valence-electron chi connectivity index (χ0n) is 14.7. The molecule has 1 N–H and O–H groups in total. The van der Waals surface area contributed by atoms with E-state index in [0.717, 1.165) is 22.4 Å². The molecule has 2 aromatic heterocycles. The van der Waals surface area contributed by atoms with Gasteiger partial charge in [-0.05, 0) is 60.5 Å². The monoisotopic (exact) mass is 359 g/mol. The van der Waals surface area contributed by atoms with Crippen molar-refractivity contribution in [2.45, 2.75) is 13.3 Å². The summed E-state index contributed by atoms with van der Waals surface area (Å²) >= 11 is 0. The Labute approximate surface area is 155 Å². The number of hydrogen-bond donors (Lipinski definition) is 1. The van der Waals surface area contributed by atoms with Crippen LogP contribution in [0.15, 0.2) is 71.5 Å². The van der Waals surface area contributed by atoms with Gasteiger partial charge in [0.15, 0.2) is 11.7 Å². The number of carboxylic acids is 1. The van der Waals surface area contributed by atoms with Crippen molar-refractivity contribution in [1.29, 1.82) is 0 Å². The Hall–Kier alpha value is -3.67. The van der Waals surface area contributed by atoms with Gasteiger partial charge in [-0.15, -0.1) is 0 Å². The lowest BCUT2D eigenvalue weighted by Crippen LogP contribution is -2.00. The molecule has 0 saturated carbocycles. The third-order valence-corrected chi connectivity index (χ3v) is 4.41. The van der Waals surface area contributed by atoms with E-state index in [1.807, 2.05) is 43.5 Å². The fraction of sp³-hybridized carbons (Fsp3) is 0.0952. The Morgan fingerprint density at radius 3 is 2.70 bits per heavy atom. The van der Waals surface area contributed by atoms with Crippen molar-refractivity contribution in [3.63, 3.8) is 0 Å². The minimum Gasteiger partial charge on any atom is -0.478 e. The molecule has 2 heterocycles. The minimum atomic E-state index is -0.943. The molecule has 0 unspecified atom stereocenters. The Morgan fingerprint density at radius 1 is 1.19 bits per heavy atom. The largest absolute Gasteiger partial charge is 0.478 e.